The molecular formula is C18H20F3N5. The highest BCUT2D eigenvalue weighted by molar-refractivity contribution is 5.43. The Morgan fingerprint density at radius 3 is 2.38 bits per heavy atom. The molecule has 2 heterocycles. The van der Waals surface area contributed by atoms with Gasteiger partial charge in [-0.15, -0.1) is 0 Å². The van der Waals surface area contributed by atoms with Gasteiger partial charge in [0, 0.05) is 30.0 Å². The highest BCUT2D eigenvalue weighted by Crippen LogP contribution is 2.33. The van der Waals surface area contributed by atoms with Crippen molar-refractivity contribution in [1.82, 2.24) is 25.3 Å². The summed E-state index contributed by atoms with van der Waals surface area (Å²) in [7, 11) is 0. The molecule has 0 saturated carbocycles. The van der Waals surface area contributed by atoms with E-state index in [2.05, 4.69) is 20.6 Å². The third-order valence-electron chi connectivity index (χ3n) is 4.22. The fraction of sp³-hybridized carbons (Fsp3) is 0.333. The van der Waals surface area contributed by atoms with Crippen LogP contribution in [-0.2, 0) is 19.3 Å². The van der Waals surface area contributed by atoms with E-state index in [4.69, 9.17) is 0 Å². The Hall–Kier alpha value is -2.61. The SMILES string of the molecule is Cc1cc(C)n(-c2ccc(CNCc3cn[nH]c3C)c(C(F)(F)F)c2)n1. The number of benzene rings is 1. The van der Waals surface area contributed by atoms with Crippen LogP contribution in [-0.4, -0.2) is 20.0 Å². The molecule has 0 spiro atoms. The maximum Gasteiger partial charge on any atom is 0.416 e. The highest BCUT2D eigenvalue weighted by Gasteiger charge is 2.33. The Morgan fingerprint density at radius 1 is 1.08 bits per heavy atom. The highest BCUT2D eigenvalue weighted by atomic mass is 19.4. The number of hydrogen-bond donors (Lipinski definition) is 2. The second-order valence-corrected chi connectivity index (χ2v) is 6.30. The first-order chi connectivity index (χ1) is 12.3. The van der Waals surface area contributed by atoms with Gasteiger partial charge < -0.3 is 5.32 Å². The quantitative estimate of drug-likeness (QED) is 0.724. The topological polar surface area (TPSA) is 58.5 Å². The average Bonchev–Trinajstić information content (AvgIpc) is 3.12. The van der Waals surface area contributed by atoms with Crippen LogP contribution in [0.4, 0.5) is 13.2 Å². The first kappa shape index (κ1) is 18.2. The van der Waals surface area contributed by atoms with Crippen LogP contribution >= 0.6 is 0 Å². The summed E-state index contributed by atoms with van der Waals surface area (Å²) in [6.07, 6.45) is -2.77. The fourth-order valence-electron chi connectivity index (χ4n) is 2.89. The van der Waals surface area contributed by atoms with Crippen molar-refractivity contribution < 1.29 is 13.2 Å². The molecule has 3 rings (SSSR count). The van der Waals surface area contributed by atoms with E-state index in [1.54, 1.807) is 12.3 Å². The van der Waals surface area contributed by atoms with Crippen LogP contribution in [0.5, 0.6) is 0 Å². The summed E-state index contributed by atoms with van der Waals surface area (Å²) in [5.41, 5.74) is 3.32. The van der Waals surface area contributed by atoms with E-state index in [9.17, 15) is 13.2 Å². The van der Waals surface area contributed by atoms with Crippen LogP contribution in [0.2, 0.25) is 0 Å². The number of aromatic nitrogens is 4. The fourth-order valence-corrected chi connectivity index (χ4v) is 2.89. The smallest absolute Gasteiger partial charge is 0.308 e. The second-order valence-electron chi connectivity index (χ2n) is 6.30. The minimum absolute atomic E-state index is 0.108. The van der Waals surface area contributed by atoms with E-state index >= 15 is 0 Å². The van der Waals surface area contributed by atoms with E-state index in [0.717, 1.165) is 28.7 Å². The Labute approximate surface area is 149 Å². The van der Waals surface area contributed by atoms with Crippen molar-refractivity contribution in [3.63, 3.8) is 0 Å². The van der Waals surface area contributed by atoms with Gasteiger partial charge in [-0.25, -0.2) is 4.68 Å². The number of H-pyrrole nitrogens is 1. The number of rotatable bonds is 5. The lowest BCUT2D eigenvalue weighted by Gasteiger charge is -2.16. The van der Waals surface area contributed by atoms with Gasteiger partial charge in [0.05, 0.1) is 23.1 Å². The van der Waals surface area contributed by atoms with Gasteiger partial charge in [-0.05, 0) is 44.5 Å². The van der Waals surface area contributed by atoms with E-state index in [-0.39, 0.29) is 12.1 Å². The normalized spacial score (nSPS) is 11.9. The summed E-state index contributed by atoms with van der Waals surface area (Å²) in [6, 6.07) is 6.15. The molecule has 1 aromatic carbocycles. The number of hydrogen-bond acceptors (Lipinski definition) is 3. The predicted octanol–water partition coefficient (Wildman–Crippen LogP) is 3.83. The Kier molecular flexibility index (Phi) is 4.86. The first-order valence-corrected chi connectivity index (χ1v) is 8.19. The lowest BCUT2D eigenvalue weighted by molar-refractivity contribution is -0.138. The molecule has 26 heavy (non-hydrogen) atoms. The molecule has 2 N–H and O–H groups in total. The van der Waals surface area contributed by atoms with Crippen LogP contribution in [0.3, 0.4) is 0 Å². The van der Waals surface area contributed by atoms with Crippen LogP contribution in [0.1, 0.15) is 33.8 Å². The minimum Gasteiger partial charge on any atom is -0.308 e. The van der Waals surface area contributed by atoms with Crippen LogP contribution in [0, 0.1) is 20.8 Å². The lowest BCUT2D eigenvalue weighted by Crippen LogP contribution is -2.18. The van der Waals surface area contributed by atoms with E-state index in [0.29, 0.717) is 12.2 Å². The molecule has 0 aliphatic rings. The standard InChI is InChI=1S/C18H20F3N5/c1-11-6-12(2)26(25-11)16-5-4-14(17(7-16)18(19,20)21)8-22-9-15-10-23-24-13(15)3/h4-7,10,22H,8-9H2,1-3H3,(H,23,24). The van der Waals surface area contributed by atoms with Crippen LogP contribution < -0.4 is 5.32 Å². The van der Waals surface area contributed by atoms with Crippen molar-refractivity contribution in [3.05, 3.63) is 64.2 Å². The monoisotopic (exact) mass is 363 g/mol. The molecule has 138 valence electrons. The summed E-state index contributed by atoms with van der Waals surface area (Å²) in [5, 5.41) is 14.0. The summed E-state index contributed by atoms with van der Waals surface area (Å²) >= 11 is 0. The summed E-state index contributed by atoms with van der Waals surface area (Å²) < 4.78 is 42.2. The molecule has 8 heteroatoms. The molecule has 0 aliphatic heterocycles. The third kappa shape index (κ3) is 3.80. The molecule has 0 bridgehead atoms. The van der Waals surface area contributed by atoms with E-state index in [1.807, 2.05) is 26.8 Å². The van der Waals surface area contributed by atoms with Crippen LogP contribution in [0.25, 0.3) is 5.69 Å². The van der Waals surface area contributed by atoms with Gasteiger partial charge >= 0.3 is 6.18 Å². The molecule has 0 aliphatic carbocycles. The molecule has 0 amide bonds. The molecule has 5 nitrogen and oxygen atoms in total. The van der Waals surface area contributed by atoms with Gasteiger partial charge in [0.25, 0.3) is 0 Å². The summed E-state index contributed by atoms with van der Waals surface area (Å²) in [6.45, 7) is 6.05. The van der Waals surface area contributed by atoms with Crippen molar-refractivity contribution in [2.24, 2.45) is 0 Å². The van der Waals surface area contributed by atoms with Gasteiger partial charge in [-0.2, -0.15) is 23.4 Å². The summed E-state index contributed by atoms with van der Waals surface area (Å²) in [5.74, 6) is 0. The Balaban J connectivity index is 1.85. The van der Waals surface area contributed by atoms with Crippen molar-refractivity contribution in [1.29, 1.82) is 0 Å². The van der Waals surface area contributed by atoms with Crippen molar-refractivity contribution in [3.8, 4) is 5.69 Å². The number of aryl methyl sites for hydroxylation is 3. The van der Waals surface area contributed by atoms with Gasteiger partial charge in [-0.3, -0.25) is 5.10 Å². The van der Waals surface area contributed by atoms with Gasteiger partial charge in [0.1, 0.15) is 0 Å². The molecule has 2 aromatic heterocycles. The zero-order valence-electron chi connectivity index (χ0n) is 14.8. The first-order valence-electron chi connectivity index (χ1n) is 8.19. The zero-order valence-corrected chi connectivity index (χ0v) is 14.8. The Morgan fingerprint density at radius 2 is 1.81 bits per heavy atom. The maximum absolute atomic E-state index is 13.5. The third-order valence-corrected chi connectivity index (χ3v) is 4.22. The van der Waals surface area contributed by atoms with Crippen molar-refractivity contribution >= 4 is 0 Å². The van der Waals surface area contributed by atoms with Gasteiger partial charge in [0.15, 0.2) is 0 Å². The second kappa shape index (κ2) is 6.95. The largest absolute Gasteiger partial charge is 0.416 e. The van der Waals surface area contributed by atoms with Crippen molar-refractivity contribution in [2.75, 3.05) is 0 Å². The summed E-state index contributed by atoms with van der Waals surface area (Å²) in [4.78, 5) is 0. The van der Waals surface area contributed by atoms with Crippen LogP contribution in [0.15, 0.2) is 30.5 Å². The molecule has 0 atom stereocenters. The van der Waals surface area contributed by atoms with E-state index < -0.39 is 11.7 Å². The molecule has 3 aromatic rings. The molecule has 0 saturated heterocycles. The van der Waals surface area contributed by atoms with Crippen molar-refractivity contribution in [2.45, 2.75) is 40.0 Å². The minimum atomic E-state index is -4.44. The average molecular weight is 363 g/mol. The van der Waals surface area contributed by atoms with Gasteiger partial charge in [0.2, 0.25) is 0 Å². The van der Waals surface area contributed by atoms with E-state index in [1.165, 1.54) is 10.7 Å². The number of nitrogens with zero attached hydrogens (tertiary/aromatic N) is 3. The number of nitrogens with one attached hydrogen (secondary N) is 2. The molecule has 0 fully saturated rings. The number of halogens is 3. The number of alkyl halides is 3. The molecule has 0 unspecified atom stereocenters. The predicted molar refractivity (Wildman–Crippen MR) is 91.9 cm³/mol. The molecular weight excluding hydrogens is 343 g/mol. The zero-order chi connectivity index (χ0) is 18.9. The lowest BCUT2D eigenvalue weighted by atomic mass is 10.1. The van der Waals surface area contributed by atoms with Gasteiger partial charge in [-0.1, -0.05) is 6.07 Å². The molecule has 0 radical (unpaired) electrons. The maximum atomic E-state index is 13.5. The Bertz CT molecular complexity index is 908. The number of aromatic amines is 1.